The zero-order valence-electron chi connectivity index (χ0n) is 17.1. The number of piperidine rings is 1. The van der Waals surface area contributed by atoms with E-state index in [1.165, 1.54) is 10.4 Å². The first-order chi connectivity index (χ1) is 13.9. The Bertz CT molecular complexity index is 967. The lowest BCUT2D eigenvalue weighted by Gasteiger charge is -2.26. The molecule has 1 aliphatic heterocycles. The molecule has 29 heavy (non-hydrogen) atoms. The third kappa shape index (κ3) is 5.42. The number of esters is 1. The van der Waals surface area contributed by atoms with E-state index in [0.717, 1.165) is 37.1 Å². The third-order valence-corrected chi connectivity index (χ3v) is 7.15. The van der Waals surface area contributed by atoms with E-state index in [0.29, 0.717) is 25.1 Å². The summed E-state index contributed by atoms with van der Waals surface area (Å²) in [5.41, 5.74) is 2.82. The number of sulfonamides is 1. The summed E-state index contributed by atoms with van der Waals surface area (Å²) in [5, 5.41) is 0. The van der Waals surface area contributed by atoms with Crippen molar-refractivity contribution in [2.24, 2.45) is 0 Å². The third-order valence-electron chi connectivity index (χ3n) is 5.11. The molecule has 0 amide bonds. The highest BCUT2D eigenvalue weighted by Crippen LogP contribution is 2.24. The monoisotopic (exact) mass is 416 g/mol. The summed E-state index contributed by atoms with van der Waals surface area (Å²) in [6.45, 7) is 5.01. The minimum absolute atomic E-state index is 0.192. The summed E-state index contributed by atoms with van der Waals surface area (Å²) >= 11 is 0. The van der Waals surface area contributed by atoms with Crippen LogP contribution in [0, 0.1) is 13.8 Å². The van der Waals surface area contributed by atoms with Gasteiger partial charge in [0, 0.05) is 24.5 Å². The van der Waals surface area contributed by atoms with Gasteiger partial charge in [0.25, 0.3) is 0 Å². The van der Waals surface area contributed by atoms with Crippen molar-refractivity contribution in [2.45, 2.75) is 50.8 Å². The average Bonchev–Trinajstić information content (AvgIpc) is 2.72. The minimum Gasteiger partial charge on any atom is -0.462 e. The largest absolute Gasteiger partial charge is 0.462 e. The SMILES string of the molecule is Cc1cccc(CCCOC(=O)c2ccc(C)c(S(=O)(=O)N3CCCCC3)c2)n1. The topological polar surface area (TPSA) is 76.6 Å². The molecule has 0 aliphatic carbocycles. The van der Waals surface area contributed by atoms with Crippen LogP contribution in [0.2, 0.25) is 0 Å². The van der Waals surface area contributed by atoms with E-state index in [2.05, 4.69) is 4.98 Å². The van der Waals surface area contributed by atoms with E-state index < -0.39 is 16.0 Å². The van der Waals surface area contributed by atoms with Crippen molar-refractivity contribution in [1.29, 1.82) is 0 Å². The molecule has 2 heterocycles. The summed E-state index contributed by atoms with van der Waals surface area (Å²) < 4.78 is 32.9. The Hall–Kier alpha value is -2.25. The standard InChI is InChI=1S/C22H28N2O4S/c1-17-11-12-19(16-21(17)29(26,27)24-13-4-3-5-14-24)22(25)28-15-7-10-20-9-6-8-18(2)23-20/h6,8-9,11-12,16H,3-5,7,10,13-15H2,1-2H3. The van der Waals surface area contributed by atoms with Gasteiger partial charge in [-0.05, 0) is 69.4 Å². The number of pyridine rings is 1. The normalized spacial score (nSPS) is 15.2. The predicted molar refractivity (Wildman–Crippen MR) is 111 cm³/mol. The Balaban J connectivity index is 1.63. The highest BCUT2D eigenvalue weighted by molar-refractivity contribution is 7.89. The molecule has 0 radical (unpaired) electrons. The van der Waals surface area contributed by atoms with Crippen LogP contribution < -0.4 is 0 Å². The van der Waals surface area contributed by atoms with Crippen LogP contribution in [0.5, 0.6) is 0 Å². The van der Waals surface area contributed by atoms with Crippen LogP contribution in [0.15, 0.2) is 41.3 Å². The van der Waals surface area contributed by atoms with Gasteiger partial charge in [0.1, 0.15) is 0 Å². The maximum absolute atomic E-state index is 13.0. The molecule has 3 rings (SSSR count). The number of aromatic nitrogens is 1. The molecule has 0 saturated carbocycles. The predicted octanol–water partition coefficient (Wildman–Crippen LogP) is 3.66. The summed E-state index contributed by atoms with van der Waals surface area (Å²) in [7, 11) is -3.60. The van der Waals surface area contributed by atoms with Gasteiger partial charge in [-0.1, -0.05) is 18.6 Å². The van der Waals surface area contributed by atoms with Crippen LogP contribution >= 0.6 is 0 Å². The van der Waals surface area contributed by atoms with Gasteiger partial charge in [-0.15, -0.1) is 0 Å². The lowest BCUT2D eigenvalue weighted by molar-refractivity contribution is 0.0500. The molecule has 7 heteroatoms. The minimum atomic E-state index is -3.60. The highest BCUT2D eigenvalue weighted by Gasteiger charge is 2.28. The van der Waals surface area contributed by atoms with E-state index >= 15 is 0 Å². The molecule has 1 aliphatic rings. The fourth-order valence-electron chi connectivity index (χ4n) is 3.49. The van der Waals surface area contributed by atoms with Gasteiger partial charge in [0.2, 0.25) is 10.0 Å². The van der Waals surface area contributed by atoms with Crippen LogP contribution in [0.4, 0.5) is 0 Å². The fourth-order valence-corrected chi connectivity index (χ4v) is 5.26. The zero-order valence-corrected chi connectivity index (χ0v) is 17.9. The van der Waals surface area contributed by atoms with E-state index in [1.54, 1.807) is 19.1 Å². The fraction of sp³-hybridized carbons (Fsp3) is 0.455. The van der Waals surface area contributed by atoms with Crippen molar-refractivity contribution in [2.75, 3.05) is 19.7 Å². The Morgan fingerprint density at radius 2 is 1.86 bits per heavy atom. The molecular weight excluding hydrogens is 388 g/mol. The summed E-state index contributed by atoms with van der Waals surface area (Å²) in [4.78, 5) is 17.1. The first kappa shape index (κ1) is 21.5. The molecule has 1 saturated heterocycles. The molecule has 0 bridgehead atoms. The van der Waals surface area contributed by atoms with Gasteiger partial charge >= 0.3 is 5.97 Å². The lowest BCUT2D eigenvalue weighted by atomic mass is 10.1. The number of benzene rings is 1. The van der Waals surface area contributed by atoms with Crippen molar-refractivity contribution in [3.63, 3.8) is 0 Å². The molecule has 0 unspecified atom stereocenters. The number of hydrogen-bond acceptors (Lipinski definition) is 5. The van der Waals surface area contributed by atoms with Crippen molar-refractivity contribution >= 4 is 16.0 Å². The van der Waals surface area contributed by atoms with Gasteiger partial charge in [0.15, 0.2) is 0 Å². The molecule has 1 aromatic heterocycles. The number of rotatable bonds is 7. The molecule has 0 spiro atoms. The number of carbonyl (C=O) groups is 1. The molecule has 0 N–H and O–H groups in total. The van der Waals surface area contributed by atoms with Crippen molar-refractivity contribution in [3.05, 3.63) is 58.9 Å². The van der Waals surface area contributed by atoms with Crippen LogP contribution in [-0.2, 0) is 21.2 Å². The molecule has 6 nitrogen and oxygen atoms in total. The van der Waals surface area contributed by atoms with Crippen LogP contribution in [0.25, 0.3) is 0 Å². The smallest absolute Gasteiger partial charge is 0.338 e. The quantitative estimate of drug-likeness (QED) is 0.508. The highest BCUT2D eigenvalue weighted by atomic mass is 32.2. The van der Waals surface area contributed by atoms with E-state index in [9.17, 15) is 13.2 Å². The maximum Gasteiger partial charge on any atom is 0.338 e. The average molecular weight is 417 g/mol. The second-order valence-electron chi connectivity index (χ2n) is 7.45. The van der Waals surface area contributed by atoms with Crippen molar-refractivity contribution in [1.82, 2.24) is 9.29 Å². The number of aryl methyl sites for hydroxylation is 3. The molecular formula is C22H28N2O4S. The second-order valence-corrected chi connectivity index (χ2v) is 9.36. The maximum atomic E-state index is 13.0. The number of hydrogen-bond donors (Lipinski definition) is 0. The Labute approximate surface area is 173 Å². The van der Waals surface area contributed by atoms with Crippen LogP contribution in [-0.4, -0.2) is 43.4 Å². The molecule has 1 fully saturated rings. The van der Waals surface area contributed by atoms with Crippen LogP contribution in [0.3, 0.4) is 0 Å². The summed E-state index contributed by atoms with van der Waals surface area (Å²) in [5.74, 6) is -0.503. The number of nitrogens with zero attached hydrogens (tertiary/aromatic N) is 2. The van der Waals surface area contributed by atoms with Crippen molar-refractivity contribution in [3.8, 4) is 0 Å². The Morgan fingerprint density at radius 3 is 2.59 bits per heavy atom. The summed E-state index contributed by atoms with van der Waals surface area (Å²) in [6.07, 6.45) is 4.17. The van der Waals surface area contributed by atoms with E-state index in [-0.39, 0.29) is 17.1 Å². The van der Waals surface area contributed by atoms with Crippen LogP contribution in [0.1, 0.15) is 53.0 Å². The van der Waals surface area contributed by atoms with E-state index in [1.807, 2.05) is 25.1 Å². The van der Waals surface area contributed by atoms with Crippen molar-refractivity contribution < 1.29 is 17.9 Å². The number of carbonyl (C=O) groups excluding carboxylic acids is 1. The Morgan fingerprint density at radius 1 is 1.10 bits per heavy atom. The molecule has 156 valence electrons. The molecule has 0 atom stereocenters. The van der Waals surface area contributed by atoms with Gasteiger partial charge in [0.05, 0.1) is 17.1 Å². The second kappa shape index (κ2) is 9.50. The molecule has 2 aromatic rings. The first-order valence-corrected chi connectivity index (χ1v) is 11.5. The number of ether oxygens (including phenoxy) is 1. The van der Waals surface area contributed by atoms with Gasteiger partial charge in [-0.3, -0.25) is 4.98 Å². The lowest BCUT2D eigenvalue weighted by Crippen LogP contribution is -2.36. The molecule has 1 aromatic carbocycles. The van der Waals surface area contributed by atoms with Gasteiger partial charge in [-0.25, -0.2) is 13.2 Å². The summed E-state index contributed by atoms with van der Waals surface area (Å²) in [6, 6.07) is 10.6. The zero-order chi connectivity index (χ0) is 20.9. The van der Waals surface area contributed by atoms with Gasteiger partial charge < -0.3 is 4.74 Å². The Kier molecular flexibility index (Phi) is 7.03. The van der Waals surface area contributed by atoms with E-state index in [4.69, 9.17) is 4.74 Å². The van der Waals surface area contributed by atoms with Gasteiger partial charge in [-0.2, -0.15) is 4.31 Å². The first-order valence-electron chi connectivity index (χ1n) is 10.1.